The van der Waals surface area contributed by atoms with E-state index in [9.17, 15) is 14.0 Å². The molecule has 0 saturated heterocycles. The zero-order valence-corrected chi connectivity index (χ0v) is 18.1. The lowest BCUT2D eigenvalue weighted by Crippen LogP contribution is -2.52. The van der Waals surface area contributed by atoms with E-state index < -0.39 is 6.04 Å². The van der Waals surface area contributed by atoms with Crippen molar-refractivity contribution >= 4 is 11.8 Å². The van der Waals surface area contributed by atoms with Gasteiger partial charge in [0, 0.05) is 12.6 Å². The third kappa shape index (κ3) is 6.81. The summed E-state index contributed by atoms with van der Waals surface area (Å²) in [5.74, 6) is -0.156. The topological polar surface area (TPSA) is 58.6 Å². The summed E-state index contributed by atoms with van der Waals surface area (Å²) < 4.78 is 19.0. The Morgan fingerprint density at radius 3 is 2.39 bits per heavy atom. The van der Waals surface area contributed by atoms with Gasteiger partial charge in [0.05, 0.1) is 0 Å². The standard InChI is InChI=1S/C25H31FN2O3/c1-2-23(25(30)27-21-9-5-3-6-10-21)28(17-19-13-15-20(26)16-14-19)24(29)18-31-22-11-7-4-8-12-22/h4,7-8,11-16,21,23H,2-3,5-6,9-10,17-18H2,1H3,(H,27,30). The summed E-state index contributed by atoms with van der Waals surface area (Å²) in [6, 6.07) is 14.7. The molecule has 0 radical (unpaired) electrons. The second-order valence-corrected chi connectivity index (χ2v) is 8.02. The molecule has 3 rings (SSSR count). The number of para-hydroxylation sites is 1. The van der Waals surface area contributed by atoms with Crippen LogP contribution in [-0.4, -0.2) is 35.4 Å². The number of rotatable bonds is 9. The maximum Gasteiger partial charge on any atom is 0.261 e. The number of amides is 2. The molecule has 1 fully saturated rings. The van der Waals surface area contributed by atoms with Crippen LogP contribution < -0.4 is 10.1 Å². The highest BCUT2D eigenvalue weighted by atomic mass is 19.1. The zero-order valence-electron chi connectivity index (χ0n) is 18.1. The maximum atomic E-state index is 13.3. The number of nitrogens with one attached hydrogen (secondary N) is 1. The van der Waals surface area contributed by atoms with E-state index in [1.54, 1.807) is 29.2 Å². The van der Waals surface area contributed by atoms with Crippen LogP contribution in [0.15, 0.2) is 54.6 Å². The third-order valence-electron chi connectivity index (χ3n) is 5.71. The van der Waals surface area contributed by atoms with Crippen LogP contribution in [0.1, 0.15) is 51.0 Å². The van der Waals surface area contributed by atoms with Gasteiger partial charge < -0.3 is 15.0 Å². The molecule has 6 heteroatoms. The minimum atomic E-state index is -0.612. The van der Waals surface area contributed by atoms with Crippen molar-refractivity contribution in [2.75, 3.05) is 6.61 Å². The predicted octanol–water partition coefficient (Wildman–Crippen LogP) is 4.46. The van der Waals surface area contributed by atoms with Crippen LogP contribution in [0.25, 0.3) is 0 Å². The molecule has 0 bridgehead atoms. The number of carbonyl (C=O) groups excluding carboxylic acids is 2. The Morgan fingerprint density at radius 1 is 1.06 bits per heavy atom. The Kier molecular flexibility index (Phi) is 8.44. The lowest BCUT2D eigenvalue weighted by atomic mass is 9.95. The molecular formula is C25H31FN2O3. The summed E-state index contributed by atoms with van der Waals surface area (Å²) in [4.78, 5) is 27.8. The summed E-state index contributed by atoms with van der Waals surface area (Å²) in [6.45, 7) is 1.94. The number of hydrogen-bond acceptors (Lipinski definition) is 3. The first-order valence-corrected chi connectivity index (χ1v) is 11.1. The largest absolute Gasteiger partial charge is 0.484 e. The van der Waals surface area contributed by atoms with Gasteiger partial charge in [0.25, 0.3) is 5.91 Å². The molecule has 2 amide bonds. The van der Waals surface area contributed by atoms with Crippen molar-refractivity contribution in [2.45, 2.75) is 64.1 Å². The van der Waals surface area contributed by atoms with E-state index in [-0.39, 0.29) is 36.8 Å². The van der Waals surface area contributed by atoms with Crippen molar-refractivity contribution in [1.82, 2.24) is 10.2 Å². The van der Waals surface area contributed by atoms with Crippen LogP contribution >= 0.6 is 0 Å². The van der Waals surface area contributed by atoms with Gasteiger partial charge in [-0.05, 0) is 49.1 Å². The summed E-state index contributed by atoms with van der Waals surface area (Å²) in [5, 5.41) is 3.14. The SMILES string of the molecule is CCC(C(=O)NC1CCCCC1)N(Cc1ccc(F)cc1)C(=O)COc1ccccc1. The predicted molar refractivity (Wildman–Crippen MR) is 118 cm³/mol. The van der Waals surface area contributed by atoms with Crippen LogP contribution in [0.4, 0.5) is 4.39 Å². The number of halogens is 1. The molecule has 2 aromatic carbocycles. The number of benzene rings is 2. The van der Waals surface area contributed by atoms with Gasteiger partial charge in [0.2, 0.25) is 5.91 Å². The number of carbonyl (C=O) groups is 2. The summed E-state index contributed by atoms with van der Waals surface area (Å²) in [5.41, 5.74) is 0.762. The Morgan fingerprint density at radius 2 is 1.74 bits per heavy atom. The van der Waals surface area contributed by atoms with Gasteiger partial charge >= 0.3 is 0 Å². The highest BCUT2D eigenvalue weighted by molar-refractivity contribution is 5.88. The van der Waals surface area contributed by atoms with E-state index in [4.69, 9.17) is 4.74 Å². The minimum Gasteiger partial charge on any atom is -0.484 e. The molecule has 1 aliphatic rings. The number of nitrogens with zero attached hydrogens (tertiary/aromatic N) is 1. The molecule has 166 valence electrons. The molecule has 1 aliphatic carbocycles. The lowest BCUT2D eigenvalue weighted by molar-refractivity contribution is -0.143. The fourth-order valence-electron chi connectivity index (χ4n) is 4.00. The monoisotopic (exact) mass is 426 g/mol. The van der Waals surface area contributed by atoms with Crippen molar-refractivity contribution in [3.63, 3.8) is 0 Å². The first-order chi connectivity index (χ1) is 15.1. The molecular weight excluding hydrogens is 395 g/mol. The summed E-state index contributed by atoms with van der Waals surface area (Å²) >= 11 is 0. The molecule has 0 heterocycles. The average Bonchev–Trinajstić information content (AvgIpc) is 2.80. The number of ether oxygens (including phenoxy) is 1. The number of hydrogen-bond donors (Lipinski definition) is 1. The summed E-state index contributed by atoms with van der Waals surface area (Å²) in [7, 11) is 0. The normalized spacial score (nSPS) is 15.2. The third-order valence-corrected chi connectivity index (χ3v) is 5.71. The van der Waals surface area contributed by atoms with E-state index in [1.165, 1.54) is 18.6 Å². The first kappa shape index (κ1) is 22.8. The van der Waals surface area contributed by atoms with Gasteiger partial charge in [-0.3, -0.25) is 9.59 Å². The van der Waals surface area contributed by atoms with E-state index in [0.717, 1.165) is 31.2 Å². The Bertz CT molecular complexity index is 836. The second-order valence-electron chi connectivity index (χ2n) is 8.02. The molecule has 1 unspecified atom stereocenters. The average molecular weight is 427 g/mol. The van der Waals surface area contributed by atoms with Gasteiger partial charge in [-0.25, -0.2) is 4.39 Å². The van der Waals surface area contributed by atoms with Gasteiger partial charge in [-0.2, -0.15) is 0 Å². The van der Waals surface area contributed by atoms with Crippen molar-refractivity contribution < 1.29 is 18.7 Å². The van der Waals surface area contributed by atoms with Crippen molar-refractivity contribution in [3.05, 3.63) is 66.0 Å². The van der Waals surface area contributed by atoms with E-state index >= 15 is 0 Å². The molecule has 2 aromatic rings. The molecule has 1 saturated carbocycles. The zero-order chi connectivity index (χ0) is 22.1. The minimum absolute atomic E-state index is 0.135. The molecule has 1 atom stereocenters. The molecule has 0 spiro atoms. The van der Waals surface area contributed by atoms with Gasteiger partial charge in [0.15, 0.2) is 6.61 Å². The molecule has 31 heavy (non-hydrogen) atoms. The van der Waals surface area contributed by atoms with Gasteiger partial charge in [-0.15, -0.1) is 0 Å². The van der Waals surface area contributed by atoms with Crippen LogP contribution in [0.3, 0.4) is 0 Å². The van der Waals surface area contributed by atoms with Crippen molar-refractivity contribution in [3.8, 4) is 5.75 Å². The Labute approximate surface area is 183 Å². The fourth-order valence-corrected chi connectivity index (χ4v) is 4.00. The highest BCUT2D eigenvalue weighted by Crippen LogP contribution is 2.19. The fraction of sp³-hybridized carbons (Fsp3) is 0.440. The van der Waals surface area contributed by atoms with Crippen LogP contribution in [-0.2, 0) is 16.1 Å². The van der Waals surface area contributed by atoms with Gasteiger partial charge in [-0.1, -0.05) is 56.5 Å². The highest BCUT2D eigenvalue weighted by Gasteiger charge is 2.30. The smallest absolute Gasteiger partial charge is 0.261 e. The van der Waals surface area contributed by atoms with Crippen LogP contribution in [0.5, 0.6) is 5.75 Å². The van der Waals surface area contributed by atoms with Crippen LogP contribution in [0, 0.1) is 5.82 Å². The maximum absolute atomic E-state index is 13.3. The van der Waals surface area contributed by atoms with Gasteiger partial charge in [0.1, 0.15) is 17.6 Å². The van der Waals surface area contributed by atoms with Crippen molar-refractivity contribution in [2.24, 2.45) is 0 Å². The first-order valence-electron chi connectivity index (χ1n) is 11.1. The van der Waals surface area contributed by atoms with E-state index in [2.05, 4.69) is 5.32 Å². The van der Waals surface area contributed by atoms with E-state index in [1.807, 2.05) is 25.1 Å². The summed E-state index contributed by atoms with van der Waals surface area (Å²) in [6.07, 6.45) is 5.87. The molecule has 0 aromatic heterocycles. The second kappa shape index (κ2) is 11.5. The molecule has 0 aliphatic heterocycles. The Balaban J connectivity index is 1.73. The van der Waals surface area contributed by atoms with Crippen molar-refractivity contribution in [1.29, 1.82) is 0 Å². The molecule has 1 N–H and O–H groups in total. The van der Waals surface area contributed by atoms with E-state index in [0.29, 0.717) is 12.2 Å². The molecule has 5 nitrogen and oxygen atoms in total. The van der Waals surface area contributed by atoms with Crippen LogP contribution in [0.2, 0.25) is 0 Å². The Hall–Kier alpha value is -2.89. The lowest BCUT2D eigenvalue weighted by Gasteiger charge is -2.32. The quantitative estimate of drug-likeness (QED) is 0.644.